The van der Waals surface area contributed by atoms with Gasteiger partial charge >= 0.3 is 0 Å². The second-order valence-electron chi connectivity index (χ2n) is 7.33. The Labute approximate surface area is 203 Å². The summed E-state index contributed by atoms with van der Waals surface area (Å²) in [7, 11) is 0. The lowest BCUT2D eigenvalue weighted by Crippen LogP contribution is -2.11. The molecule has 0 saturated carbocycles. The van der Waals surface area contributed by atoms with Gasteiger partial charge in [0.15, 0.2) is 5.76 Å². The molecule has 1 heterocycles. The van der Waals surface area contributed by atoms with E-state index in [9.17, 15) is 14.9 Å². The third kappa shape index (κ3) is 5.81. The first kappa shape index (κ1) is 23.1. The Morgan fingerprint density at radius 1 is 1.03 bits per heavy atom. The highest BCUT2D eigenvalue weighted by Gasteiger charge is 2.16. The highest BCUT2D eigenvalue weighted by atomic mass is 79.9. The van der Waals surface area contributed by atoms with Crippen LogP contribution in [0.4, 0.5) is 11.4 Å². The van der Waals surface area contributed by atoms with Gasteiger partial charge in [0.1, 0.15) is 29.6 Å². The highest BCUT2D eigenvalue weighted by molar-refractivity contribution is 9.10. The Morgan fingerprint density at radius 3 is 2.62 bits per heavy atom. The van der Waals surface area contributed by atoms with Gasteiger partial charge in [0.25, 0.3) is 11.6 Å². The topological polar surface area (TPSA) is 104 Å². The van der Waals surface area contributed by atoms with Crippen molar-refractivity contribution in [3.63, 3.8) is 0 Å². The fourth-order valence-electron chi connectivity index (χ4n) is 3.12. The van der Waals surface area contributed by atoms with Crippen LogP contribution in [0.1, 0.15) is 21.9 Å². The summed E-state index contributed by atoms with van der Waals surface area (Å²) in [5.41, 5.74) is 0.959. The molecule has 8 nitrogen and oxygen atoms in total. The normalized spacial score (nSPS) is 10.5. The predicted molar refractivity (Wildman–Crippen MR) is 129 cm³/mol. The van der Waals surface area contributed by atoms with Crippen molar-refractivity contribution < 1.29 is 23.6 Å². The van der Waals surface area contributed by atoms with Gasteiger partial charge in [-0.3, -0.25) is 14.9 Å². The Bertz CT molecular complexity index is 1350. The molecule has 0 aliphatic carbocycles. The number of carbonyl (C=O) groups excluding carboxylic acids is 1. The molecule has 9 heteroatoms. The van der Waals surface area contributed by atoms with Crippen LogP contribution in [0.5, 0.6) is 17.2 Å². The number of non-ortho nitro benzene ring substituents is 1. The number of nitro benzene ring substituents is 1. The van der Waals surface area contributed by atoms with Gasteiger partial charge in [0.2, 0.25) is 0 Å². The van der Waals surface area contributed by atoms with Crippen molar-refractivity contribution in [1.29, 1.82) is 0 Å². The standard InChI is InChI=1S/C25H19BrN2O6/c1-16-5-4-6-19(11-16)33-21-13-17(12-18(14-21)28(30)31)27-25(29)24-10-9-20(34-24)15-32-23-8-3-2-7-22(23)26/h2-14H,15H2,1H3,(H,27,29). The molecule has 1 aromatic heterocycles. The molecule has 0 aliphatic heterocycles. The van der Waals surface area contributed by atoms with E-state index in [2.05, 4.69) is 21.2 Å². The number of hydrogen-bond donors (Lipinski definition) is 1. The van der Waals surface area contributed by atoms with Gasteiger partial charge < -0.3 is 19.2 Å². The van der Waals surface area contributed by atoms with Crippen LogP contribution in [0.2, 0.25) is 0 Å². The quantitative estimate of drug-likeness (QED) is 0.199. The number of carbonyl (C=O) groups is 1. The van der Waals surface area contributed by atoms with E-state index < -0.39 is 10.8 Å². The number of nitrogens with zero attached hydrogens (tertiary/aromatic N) is 1. The second-order valence-corrected chi connectivity index (χ2v) is 8.18. The SMILES string of the molecule is Cc1cccc(Oc2cc(NC(=O)c3ccc(COc4ccccc4Br)o3)cc([N+](=O)[O-])c2)c1. The first-order chi connectivity index (χ1) is 16.4. The number of benzene rings is 3. The Balaban J connectivity index is 1.47. The summed E-state index contributed by atoms with van der Waals surface area (Å²) in [4.78, 5) is 23.5. The van der Waals surface area contributed by atoms with Crippen molar-refractivity contribution in [2.75, 3.05) is 5.32 Å². The van der Waals surface area contributed by atoms with Gasteiger partial charge in [-0.2, -0.15) is 0 Å². The van der Waals surface area contributed by atoms with Crippen LogP contribution in [0.3, 0.4) is 0 Å². The first-order valence-corrected chi connectivity index (χ1v) is 11.0. The molecule has 1 amide bonds. The number of anilines is 1. The first-order valence-electron chi connectivity index (χ1n) is 10.2. The van der Waals surface area contributed by atoms with Gasteiger partial charge in [-0.25, -0.2) is 0 Å². The van der Waals surface area contributed by atoms with Crippen molar-refractivity contribution in [2.24, 2.45) is 0 Å². The Morgan fingerprint density at radius 2 is 1.85 bits per heavy atom. The molecule has 0 bridgehead atoms. The summed E-state index contributed by atoms with van der Waals surface area (Å²) in [6, 6.07) is 21.8. The number of aryl methyl sites for hydroxylation is 1. The van der Waals surface area contributed by atoms with Crippen molar-refractivity contribution in [3.05, 3.63) is 111 Å². The van der Waals surface area contributed by atoms with Crippen LogP contribution in [0.25, 0.3) is 0 Å². The molecule has 3 aromatic carbocycles. The maximum atomic E-state index is 12.7. The summed E-state index contributed by atoms with van der Waals surface area (Å²) in [6.45, 7) is 2.04. The molecule has 0 saturated heterocycles. The van der Waals surface area contributed by atoms with Gasteiger partial charge in [-0.05, 0) is 64.8 Å². The number of para-hydroxylation sites is 1. The number of furan rings is 1. The average Bonchev–Trinajstić information content (AvgIpc) is 3.28. The van der Waals surface area contributed by atoms with Gasteiger partial charge in [0.05, 0.1) is 21.1 Å². The number of amides is 1. The lowest BCUT2D eigenvalue weighted by Gasteiger charge is -2.09. The van der Waals surface area contributed by atoms with E-state index >= 15 is 0 Å². The van der Waals surface area contributed by atoms with Crippen molar-refractivity contribution >= 4 is 33.2 Å². The van der Waals surface area contributed by atoms with Gasteiger partial charge in [-0.1, -0.05) is 24.3 Å². The van der Waals surface area contributed by atoms with Crippen molar-refractivity contribution in [2.45, 2.75) is 13.5 Å². The zero-order chi connectivity index (χ0) is 24.1. The van der Waals surface area contributed by atoms with Crippen LogP contribution in [0.15, 0.2) is 87.8 Å². The number of nitro groups is 1. The second kappa shape index (κ2) is 10.2. The van der Waals surface area contributed by atoms with E-state index in [1.54, 1.807) is 24.3 Å². The third-order valence-electron chi connectivity index (χ3n) is 4.68. The molecule has 0 unspecified atom stereocenters. The molecule has 0 spiro atoms. The molecule has 0 fully saturated rings. The average molecular weight is 523 g/mol. The fourth-order valence-corrected chi connectivity index (χ4v) is 3.51. The smallest absolute Gasteiger partial charge is 0.291 e. The van der Waals surface area contributed by atoms with Crippen LogP contribution in [0, 0.1) is 17.0 Å². The lowest BCUT2D eigenvalue weighted by atomic mass is 10.2. The molecular formula is C25H19BrN2O6. The zero-order valence-corrected chi connectivity index (χ0v) is 19.6. The van der Waals surface area contributed by atoms with Crippen molar-refractivity contribution in [3.8, 4) is 17.2 Å². The monoisotopic (exact) mass is 522 g/mol. The van der Waals surface area contributed by atoms with Crippen LogP contribution < -0.4 is 14.8 Å². The third-order valence-corrected chi connectivity index (χ3v) is 5.33. The molecule has 4 rings (SSSR count). The summed E-state index contributed by atoms with van der Waals surface area (Å²) in [6.07, 6.45) is 0. The van der Waals surface area contributed by atoms with Crippen LogP contribution in [-0.4, -0.2) is 10.8 Å². The van der Waals surface area contributed by atoms with E-state index in [-0.39, 0.29) is 29.5 Å². The highest BCUT2D eigenvalue weighted by Crippen LogP contribution is 2.30. The van der Waals surface area contributed by atoms with E-state index in [4.69, 9.17) is 13.9 Å². The van der Waals surface area contributed by atoms with Gasteiger partial charge in [-0.15, -0.1) is 0 Å². The molecule has 172 valence electrons. The molecule has 4 aromatic rings. The number of hydrogen-bond acceptors (Lipinski definition) is 6. The summed E-state index contributed by atoms with van der Waals surface area (Å²) in [5, 5.41) is 14.0. The maximum absolute atomic E-state index is 12.7. The molecular weight excluding hydrogens is 504 g/mol. The van der Waals surface area contributed by atoms with Crippen molar-refractivity contribution in [1.82, 2.24) is 0 Å². The van der Waals surface area contributed by atoms with Gasteiger partial charge in [0, 0.05) is 12.1 Å². The largest absolute Gasteiger partial charge is 0.484 e. The van der Waals surface area contributed by atoms with E-state index in [1.165, 1.54) is 24.3 Å². The number of nitrogens with one attached hydrogen (secondary N) is 1. The van der Waals surface area contributed by atoms with E-state index in [1.807, 2.05) is 37.3 Å². The summed E-state index contributed by atoms with van der Waals surface area (Å²) >= 11 is 3.40. The predicted octanol–water partition coefficient (Wildman–Crippen LogP) is 6.88. The fraction of sp³-hybridized carbons (Fsp3) is 0.0800. The molecule has 0 atom stereocenters. The van der Waals surface area contributed by atoms with E-state index in [0.29, 0.717) is 17.3 Å². The molecule has 0 radical (unpaired) electrons. The minimum Gasteiger partial charge on any atom is -0.484 e. The molecule has 1 N–H and O–H groups in total. The number of ether oxygens (including phenoxy) is 2. The Kier molecular flexibility index (Phi) is 6.93. The lowest BCUT2D eigenvalue weighted by molar-refractivity contribution is -0.384. The Hall–Kier alpha value is -4.11. The number of rotatable bonds is 8. The molecule has 0 aliphatic rings. The minimum absolute atomic E-state index is 0.0402. The van der Waals surface area contributed by atoms with E-state index in [0.717, 1.165) is 10.0 Å². The minimum atomic E-state index is -0.561. The van der Waals surface area contributed by atoms with Crippen LogP contribution in [-0.2, 0) is 6.61 Å². The summed E-state index contributed by atoms with van der Waals surface area (Å²) < 4.78 is 17.8. The molecule has 34 heavy (non-hydrogen) atoms. The maximum Gasteiger partial charge on any atom is 0.291 e. The van der Waals surface area contributed by atoms with Crippen LogP contribution >= 0.6 is 15.9 Å². The zero-order valence-electron chi connectivity index (χ0n) is 18.0. The number of halogens is 1. The summed E-state index contributed by atoms with van der Waals surface area (Å²) in [5.74, 6) is 1.31.